The Morgan fingerprint density at radius 3 is 1.71 bits per heavy atom. The van der Waals surface area contributed by atoms with Crippen molar-refractivity contribution in [2.45, 2.75) is 90.4 Å². The third-order valence-electron chi connectivity index (χ3n) is 3.66. The highest BCUT2D eigenvalue weighted by Gasteiger charge is 2.21. The molecule has 0 bridgehead atoms. The van der Waals surface area contributed by atoms with Crippen LogP contribution in [0, 0.1) is 5.92 Å². The zero-order valence-electron chi connectivity index (χ0n) is 12.5. The van der Waals surface area contributed by atoms with Crippen LogP contribution in [-0.2, 0) is 0 Å². The van der Waals surface area contributed by atoms with Gasteiger partial charge in [0, 0.05) is 4.87 Å². The third kappa shape index (κ3) is 12.5. The van der Waals surface area contributed by atoms with Crippen molar-refractivity contribution in [2.24, 2.45) is 5.92 Å². The topological polar surface area (TPSA) is 35.0 Å². The van der Waals surface area contributed by atoms with Crippen LogP contribution in [0.3, 0.4) is 0 Å². The van der Waals surface area contributed by atoms with Crippen LogP contribution in [0.5, 0.6) is 0 Å². The van der Waals surface area contributed by atoms with Gasteiger partial charge in [0.05, 0.1) is 0 Å². The molecule has 0 spiro atoms. The quantitative estimate of drug-likeness (QED) is 0.363. The number of unbranched alkanes of at least 4 members (excludes halogenated alkanes) is 7. The Balaban J connectivity index is 0. The van der Waals surface area contributed by atoms with E-state index in [1.165, 1.54) is 57.8 Å². The second-order valence-electron chi connectivity index (χ2n) is 5.73. The molecule has 0 aliphatic carbocycles. The minimum atomic E-state index is -0.0267. The van der Waals surface area contributed by atoms with E-state index in [1.807, 2.05) is 0 Å². The lowest BCUT2D eigenvalue weighted by atomic mass is 9.91. The fourth-order valence-electron chi connectivity index (χ4n) is 1.93. The van der Waals surface area contributed by atoms with E-state index in [2.05, 4.69) is 27.7 Å². The summed E-state index contributed by atoms with van der Waals surface area (Å²) in [5, 5.41) is 0. The molecule has 0 heterocycles. The average molecular weight is 264 g/mol. The highest BCUT2D eigenvalue weighted by molar-refractivity contribution is 6.23. The molecule has 0 saturated heterocycles. The van der Waals surface area contributed by atoms with Crippen molar-refractivity contribution in [3.8, 4) is 0 Å². The van der Waals surface area contributed by atoms with Crippen molar-refractivity contribution >= 4 is 11.6 Å². The second-order valence-corrected chi connectivity index (χ2v) is 6.70. The van der Waals surface area contributed by atoms with E-state index in [0.717, 1.165) is 0 Å². The highest BCUT2D eigenvalue weighted by atomic mass is 35.5. The van der Waals surface area contributed by atoms with Crippen LogP contribution in [0.25, 0.3) is 0 Å². The summed E-state index contributed by atoms with van der Waals surface area (Å²) in [5.41, 5.74) is 0. The normalized spacial score (nSPS) is 13.2. The summed E-state index contributed by atoms with van der Waals surface area (Å²) in [4.78, 5) is -0.0267. The third-order valence-corrected chi connectivity index (χ3v) is 4.04. The number of halogens is 1. The minimum Gasteiger partial charge on any atom is -0.344 e. The van der Waals surface area contributed by atoms with Gasteiger partial charge in [-0.1, -0.05) is 65.2 Å². The van der Waals surface area contributed by atoms with Crippen molar-refractivity contribution in [2.75, 3.05) is 0 Å². The zero-order valence-corrected chi connectivity index (χ0v) is 13.3. The smallest absolute Gasteiger partial charge is 0.0416 e. The number of hydrogen-bond donors (Lipinski definition) is 1. The lowest BCUT2D eigenvalue weighted by Gasteiger charge is -2.24. The maximum Gasteiger partial charge on any atom is 0.0416 e. The summed E-state index contributed by atoms with van der Waals surface area (Å²) in [6, 6.07) is 0. The van der Waals surface area contributed by atoms with Crippen molar-refractivity contribution < 1.29 is 0 Å². The van der Waals surface area contributed by atoms with Gasteiger partial charge < -0.3 is 6.15 Å². The first-order chi connectivity index (χ1) is 7.48. The molecule has 0 aliphatic rings. The average Bonchev–Trinajstić information content (AvgIpc) is 2.20. The second kappa shape index (κ2) is 11.3. The molecule has 17 heavy (non-hydrogen) atoms. The molecule has 0 radical (unpaired) electrons. The maximum atomic E-state index is 6.28. The van der Waals surface area contributed by atoms with Gasteiger partial charge in [-0.15, -0.1) is 11.6 Å². The number of hydrogen-bond acceptors (Lipinski definition) is 1. The van der Waals surface area contributed by atoms with Crippen LogP contribution in [-0.4, -0.2) is 4.87 Å². The van der Waals surface area contributed by atoms with Crippen LogP contribution in [0.1, 0.15) is 85.5 Å². The lowest BCUT2D eigenvalue weighted by Crippen LogP contribution is -2.21. The first kappa shape index (κ1) is 19.6. The fourth-order valence-corrected chi connectivity index (χ4v) is 2.04. The van der Waals surface area contributed by atoms with Crippen molar-refractivity contribution in [1.82, 2.24) is 6.15 Å². The van der Waals surface area contributed by atoms with Gasteiger partial charge in [-0.2, -0.15) is 0 Å². The summed E-state index contributed by atoms with van der Waals surface area (Å²) >= 11 is 6.28. The molecule has 0 aromatic heterocycles. The molecule has 0 saturated carbocycles. The monoisotopic (exact) mass is 263 g/mol. The fraction of sp³-hybridized carbons (Fsp3) is 1.00. The summed E-state index contributed by atoms with van der Waals surface area (Å²) in [5.74, 6) is 0.634. The molecule has 2 heteroatoms. The van der Waals surface area contributed by atoms with Gasteiger partial charge >= 0.3 is 0 Å². The van der Waals surface area contributed by atoms with Gasteiger partial charge in [0.15, 0.2) is 0 Å². The van der Waals surface area contributed by atoms with Gasteiger partial charge in [0.2, 0.25) is 0 Å². The minimum absolute atomic E-state index is 0. The summed E-state index contributed by atoms with van der Waals surface area (Å²) in [6.07, 6.45) is 12.5. The van der Waals surface area contributed by atoms with Gasteiger partial charge in [-0.3, -0.25) is 0 Å². The first-order valence-electron chi connectivity index (χ1n) is 7.17. The highest BCUT2D eigenvalue weighted by Crippen LogP contribution is 2.28. The van der Waals surface area contributed by atoms with E-state index < -0.39 is 0 Å². The molecule has 3 N–H and O–H groups in total. The molecular formula is C15H34ClN. The zero-order chi connectivity index (χ0) is 12.4. The Morgan fingerprint density at radius 2 is 1.29 bits per heavy atom. The van der Waals surface area contributed by atoms with Crippen LogP contribution >= 0.6 is 11.6 Å². The first-order valence-corrected chi connectivity index (χ1v) is 7.55. The molecule has 0 aliphatic heterocycles. The Kier molecular flexibility index (Phi) is 13.1. The van der Waals surface area contributed by atoms with Crippen LogP contribution in [0.15, 0.2) is 0 Å². The standard InChI is InChI=1S/C15H31Cl.H3N/c1-5-6-7-8-9-10-11-12-13-14(2)15(3,4)16;/h14H,5-13H2,1-4H3;1H3. The SMILES string of the molecule is CCCCCCCCCCC(C)C(C)(C)Cl.N. The van der Waals surface area contributed by atoms with Crippen molar-refractivity contribution in [1.29, 1.82) is 0 Å². The van der Waals surface area contributed by atoms with Gasteiger partial charge in [0.1, 0.15) is 0 Å². The molecule has 0 aromatic carbocycles. The van der Waals surface area contributed by atoms with E-state index in [0.29, 0.717) is 5.92 Å². The summed E-state index contributed by atoms with van der Waals surface area (Å²) in [6.45, 7) is 8.80. The number of alkyl halides is 1. The number of rotatable bonds is 10. The van der Waals surface area contributed by atoms with E-state index in [4.69, 9.17) is 11.6 Å². The van der Waals surface area contributed by atoms with E-state index >= 15 is 0 Å². The summed E-state index contributed by atoms with van der Waals surface area (Å²) < 4.78 is 0. The maximum absolute atomic E-state index is 6.28. The van der Waals surface area contributed by atoms with E-state index in [-0.39, 0.29) is 11.0 Å². The predicted molar refractivity (Wildman–Crippen MR) is 81.3 cm³/mol. The molecule has 0 aromatic rings. The molecule has 1 nitrogen and oxygen atoms in total. The molecule has 106 valence electrons. The van der Waals surface area contributed by atoms with Gasteiger partial charge in [0.25, 0.3) is 0 Å². The van der Waals surface area contributed by atoms with Crippen LogP contribution < -0.4 is 6.15 Å². The van der Waals surface area contributed by atoms with Gasteiger partial charge in [-0.25, -0.2) is 0 Å². The molecule has 0 rings (SSSR count). The Hall–Kier alpha value is 0.250. The molecule has 1 unspecified atom stereocenters. The molecule has 1 atom stereocenters. The van der Waals surface area contributed by atoms with Crippen LogP contribution in [0.2, 0.25) is 0 Å². The van der Waals surface area contributed by atoms with E-state index in [9.17, 15) is 0 Å². The molecule has 0 amide bonds. The predicted octanol–water partition coefficient (Wildman–Crippen LogP) is 6.33. The van der Waals surface area contributed by atoms with Crippen molar-refractivity contribution in [3.63, 3.8) is 0 Å². The largest absolute Gasteiger partial charge is 0.344 e. The van der Waals surface area contributed by atoms with Crippen molar-refractivity contribution in [3.05, 3.63) is 0 Å². The van der Waals surface area contributed by atoms with Crippen LogP contribution in [0.4, 0.5) is 0 Å². The lowest BCUT2D eigenvalue weighted by molar-refractivity contribution is 0.400. The van der Waals surface area contributed by atoms with E-state index in [1.54, 1.807) is 0 Å². The summed E-state index contributed by atoms with van der Waals surface area (Å²) in [7, 11) is 0. The Labute approximate surface area is 114 Å². The molecule has 0 fully saturated rings. The Morgan fingerprint density at radius 1 is 0.882 bits per heavy atom. The Bertz CT molecular complexity index is 151. The molecular weight excluding hydrogens is 230 g/mol. The van der Waals surface area contributed by atoms with Gasteiger partial charge in [-0.05, 0) is 26.2 Å².